The van der Waals surface area contributed by atoms with E-state index in [0.717, 1.165) is 6.07 Å². The maximum atomic E-state index is 12.4. The maximum Gasteiger partial charge on any atom is 0.434 e. The summed E-state index contributed by atoms with van der Waals surface area (Å²) in [5.74, 6) is -2.48. The average Bonchev–Trinajstić information content (AvgIpc) is 2.14. The Kier molecular flexibility index (Phi) is 3.83. The average molecular weight is 268 g/mol. The molecule has 17 heavy (non-hydrogen) atoms. The molecule has 0 saturated carbocycles. The van der Waals surface area contributed by atoms with Gasteiger partial charge in [-0.3, -0.25) is 4.21 Å². The first-order valence-corrected chi connectivity index (χ1v) is 5.32. The summed E-state index contributed by atoms with van der Waals surface area (Å²) >= 11 is -2.60. The summed E-state index contributed by atoms with van der Waals surface area (Å²) < 4.78 is 58.0. The van der Waals surface area contributed by atoms with Gasteiger partial charge in [-0.05, 0) is 23.2 Å². The van der Waals surface area contributed by atoms with Gasteiger partial charge in [0.25, 0.3) is 0 Å². The zero-order valence-electron chi connectivity index (χ0n) is 8.02. The van der Waals surface area contributed by atoms with E-state index in [4.69, 9.17) is 5.11 Å². The Morgan fingerprint density at radius 1 is 1.47 bits per heavy atom. The second kappa shape index (κ2) is 4.80. The van der Waals surface area contributed by atoms with E-state index in [1.165, 1.54) is 0 Å². The van der Waals surface area contributed by atoms with E-state index < -0.39 is 40.2 Å². The van der Waals surface area contributed by atoms with Gasteiger partial charge in [0.15, 0.2) is 5.69 Å². The van der Waals surface area contributed by atoms with Crippen LogP contribution in [0, 0.1) is 0 Å². The molecule has 0 aliphatic rings. The minimum Gasteiger partial charge on any atom is -0.772 e. The number of nitrogens with zero attached hydrogens (tertiary/aromatic N) is 1. The van der Waals surface area contributed by atoms with Crippen molar-refractivity contribution in [3.8, 4) is 0 Å². The van der Waals surface area contributed by atoms with Gasteiger partial charge in [0, 0.05) is 0 Å². The van der Waals surface area contributed by atoms with Crippen molar-refractivity contribution in [1.29, 1.82) is 0 Å². The van der Waals surface area contributed by atoms with Crippen LogP contribution in [0.3, 0.4) is 0 Å². The number of rotatable bonds is 3. The predicted octanol–water partition coefficient (Wildman–Crippen LogP) is 1.18. The van der Waals surface area contributed by atoms with Gasteiger partial charge in [-0.1, -0.05) is 0 Å². The third kappa shape index (κ3) is 3.49. The van der Waals surface area contributed by atoms with E-state index in [9.17, 15) is 26.7 Å². The SMILES string of the molecule is O=C(O)c1ccc(CS(=O)[O-])nc1C(F)(F)F. The maximum absolute atomic E-state index is 12.4. The summed E-state index contributed by atoms with van der Waals surface area (Å²) in [4.78, 5) is 13.5. The molecule has 0 fully saturated rings. The normalized spacial score (nSPS) is 13.4. The topological polar surface area (TPSA) is 90.3 Å². The summed E-state index contributed by atoms with van der Waals surface area (Å²) in [6.07, 6.45) is -4.95. The summed E-state index contributed by atoms with van der Waals surface area (Å²) in [6.45, 7) is 0. The number of hydrogen-bond donors (Lipinski definition) is 1. The van der Waals surface area contributed by atoms with Crippen molar-refractivity contribution in [3.05, 3.63) is 29.1 Å². The molecule has 94 valence electrons. The van der Waals surface area contributed by atoms with Crippen molar-refractivity contribution in [2.24, 2.45) is 0 Å². The summed E-state index contributed by atoms with van der Waals surface area (Å²) in [6, 6.07) is 1.61. The highest BCUT2D eigenvalue weighted by Crippen LogP contribution is 2.30. The van der Waals surface area contributed by atoms with Crippen LogP contribution in [-0.2, 0) is 23.0 Å². The predicted molar refractivity (Wildman–Crippen MR) is 48.8 cm³/mol. The fourth-order valence-electron chi connectivity index (χ4n) is 1.09. The Bertz CT molecular complexity index is 474. The third-order valence-electron chi connectivity index (χ3n) is 1.72. The molecule has 1 atom stereocenters. The third-order valence-corrected chi connectivity index (χ3v) is 2.25. The molecule has 1 unspecified atom stereocenters. The Morgan fingerprint density at radius 3 is 2.47 bits per heavy atom. The van der Waals surface area contributed by atoms with Crippen LogP contribution in [0.4, 0.5) is 13.2 Å². The Hall–Kier alpha value is -1.48. The lowest BCUT2D eigenvalue weighted by Crippen LogP contribution is -2.16. The highest BCUT2D eigenvalue weighted by Gasteiger charge is 2.37. The van der Waals surface area contributed by atoms with Crippen LogP contribution in [-0.4, -0.2) is 24.8 Å². The van der Waals surface area contributed by atoms with Gasteiger partial charge in [0.1, 0.15) is 0 Å². The van der Waals surface area contributed by atoms with E-state index in [0.29, 0.717) is 6.07 Å². The molecule has 0 aromatic carbocycles. The second-order valence-electron chi connectivity index (χ2n) is 2.95. The molecule has 1 aromatic rings. The molecule has 1 heterocycles. The number of aromatic carboxylic acids is 1. The first-order chi connectivity index (χ1) is 7.71. The molecule has 1 rings (SSSR count). The van der Waals surface area contributed by atoms with E-state index in [2.05, 4.69) is 4.98 Å². The Labute approximate surface area is 95.6 Å². The standard InChI is InChI=1S/C8H6F3NO4S/c9-8(10,11)6-5(7(13)14)2-1-4(12-6)3-17(15)16/h1-2H,3H2,(H,13,14)(H,15,16)/p-1. The lowest BCUT2D eigenvalue weighted by Gasteiger charge is -2.11. The van der Waals surface area contributed by atoms with Crippen LogP contribution in [0.2, 0.25) is 0 Å². The van der Waals surface area contributed by atoms with Gasteiger partial charge < -0.3 is 9.66 Å². The van der Waals surface area contributed by atoms with Crippen LogP contribution in [0.5, 0.6) is 0 Å². The molecular weight excluding hydrogens is 263 g/mol. The second-order valence-corrected chi connectivity index (χ2v) is 3.85. The lowest BCUT2D eigenvalue weighted by atomic mass is 10.1. The smallest absolute Gasteiger partial charge is 0.434 e. The van der Waals surface area contributed by atoms with E-state index >= 15 is 0 Å². The number of pyridine rings is 1. The minimum atomic E-state index is -4.95. The van der Waals surface area contributed by atoms with Crippen LogP contribution in [0.25, 0.3) is 0 Å². The Balaban J connectivity index is 3.29. The summed E-state index contributed by atoms with van der Waals surface area (Å²) in [7, 11) is 0. The van der Waals surface area contributed by atoms with Crippen molar-refractivity contribution in [3.63, 3.8) is 0 Å². The number of alkyl halides is 3. The number of carboxylic acid groups (broad SMARTS) is 1. The van der Waals surface area contributed by atoms with E-state index in [-0.39, 0.29) is 5.69 Å². The van der Waals surface area contributed by atoms with Crippen molar-refractivity contribution in [1.82, 2.24) is 4.98 Å². The van der Waals surface area contributed by atoms with Gasteiger partial charge in [0.05, 0.1) is 17.0 Å². The Morgan fingerprint density at radius 2 is 2.06 bits per heavy atom. The van der Waals surface area contributed by atoms with Crippen molar-refractivity contribution in [2.75, 3.05) is 0 Å². The summed E-state index contributed by atoms with van der Waals surface area (Å²) in [5.41, 5.74) is -2.98. The zero-order valence-corrected chi connectivity index (χ0v) is 8.84. The van der Waals surface area contributed by atoms with Crippen molar-refractivity contribution >= 4 is 17.0 Å². The molecule has 5 nitrogen and oxygen atoms in total. The van der Waals surface area contributed by atoms with Crippen LogP contribution in [0.1, 0.15) is 21.7 Å². The summed E-state index contributed by atoms with van der Waals surface area (Å²) in [5, 5.41) is 8.54. The van der Waals surface area contributed by atoms with Crippen LogP contribution < -0.4 is 0 Å². The molecule has 0 aliphatic carbocycles. The quantitative estimate of drug-likeness (QED) is 0.831. The minimum absolute atomic E-state index is 0.365. The molecule has 0 spiro atoms. The van der Waals surface area contributed by atoms with Crippen LogP contribution >= 0.6 is 0 Å². The van der Waals surface area contributed by atoms with E-state index in [1.54, 1.807) is 0 Å². The molecule has 0 radical (unpaired) electrons. The number of carbonyl (C=O) groups is 1. The zero-order chi connectivity index (χ0) is 13.2. The van der Waals surface area contributed by atoms with Gasteiger partial charge in [-0.25, -0.2) is 9.78 Å². The molecule has 0 amide bonds. The molecule has 0 aliphatic heterocycles. The molecule has 1 N–H and O–H groups in total. The van der Waals surface area contributed by atoms with Gasteiger partial charge >= 0.3 is 12.1 Å². The van der Waals surface area contributed by atoms with Crippen LogP contribution in [0.15, 0.2) is 12.1 Å². The highest BCUT2D eigenvalue weighted by molar-refractivity contribution is 7.78. The lowest BCUT2D eigenvalue weighted by molar-refractivity contribution is -0.141. The fourth-order valence-corrected chi connectivity index (χ4v) is 1.49. The number of aromatic nitrogens is 1. The number of carboxylic acids is 1. The molecule has 9 heteroatoms. The molecular formula is C8H5F3NO4S-. The van der Waals surface area contributed by atoms with Gasteiger partial charge in [-0.15, -0.1) is 0 Å². The van der Waals surface area contributed by atoms with Gasteiger partial charge in [0.2, 0.25) is 0 Å². The monoisotopic (exact) mass is 268 g/mol. The number of halogens is 3. The van der Waals surface area contributed by atoms with Crippen molar-refractivity contribution in [2.45, 2.75) is 11.9 Å². The van der Waals surface area contributed by atoms with Crippen molar-refractivity contribution < 1.29 is 31.8 Å². The number of hydrogen-bond acceptors (Lipinski definition) is 4. The molecule has 1 aromatic heterocycles. The highest BCUT2D eigenvalue weighted by atomic mass is 32.2. The molecule has 0 saturated heterocycles. The fraction of sp³-hybridized carbons (Fsp3) is 0.250. The first-order valence-electron chi connectivity index (χ1n) is 4.08. The van der Waals surface area contributed by atoms with E-state index in [1.807, 2.05) is 0 Å². The first kappa shape index (κ1) is 13.6. The molecule has 0 bridgehead atoms. The largest absolute Gasteiger partial charge is 0.772 e. The van der Waals surface area contributed by atoms with Gasteiger partial charge in [-0.2, -0.15) is 13.2 Å².